The molecule has 0 aromatic heterocycles. The number of hydrogen-bond donors (Lipinski definition) is 1. The van der Waals surface area contributed by atoms with Gasteiger partial charge in [-0.05, 0) is 18.4 Å². The van der Waals surface area contributed by atoms with Crippen LogP contribution in [0.4, 0.5) is 0 Å². The van der Waals surface area contributed by atoms with Crippen molar-refractivity contribution in [3.63, 3.8) is 0 Å². The zero-order valence-electron chi connectivity index (χ0n) is 22.4. The largest absolute Gasteiger partial charge is 0.472 e. The molecule has 200 valence electrons. The van der Waals surface area contributed by atoms with Crippen LogP contribution in [0, 0.1) is 0 Å². The monoisotopic (exact) mass is 528 g/mol. The smallest absolute Gasteiger partial charge is 0.329 e. The molecule has 2 unspecified atom stereocenters. The van der Waals surface area contributed by atoms with Crippen molar-refractivity contribution in [3.05, 3.63) is 0 Å². The van der Waals surface area contributed by atoms with E-state index in [9.17, 15) is 9.46 Å². The third kappa shape index (κ3) is 25.7. The molecular formula is C25H55NO4PS2+. The SMILES string of the molecule is CCCCCCCCCCCCCCCCSCC(COP(=O)(O)OCC[N+](C)(C)C)SC. The topological polar surface area (TPSA) is 55.8 Å². The lowest BCUT2D eigenvalue weighted by Gasteiger charge is -2.24. The van der Waals surface area contributed by atoms with Crippen LogP contribution in [0.1, 0.15) is 96.8 Å². The number of hydrogen-bond acceptors (Lipinski definition) is 5. The molecule has 0 aliphatic rings. The van der Waals surface area contributed by atoms with Crippen LogP contribution in [-0.2, 0) is 13.6 Å². The Morgan fingerprint density at radius 1 is 0.818 bits per heavy atom. The van der Waals surface area contributed by atoms with E-state index in [-0.39, 0.29) is 18.5 Å². The number of nitrogens with zero attached hydrogens (tertiary/aromatic N) is 1. The van der Waals surface area contributed by atoms with Crippen molar-refractivity contribution in [3.8, 4) is 0 Å². The number of quaternary nitrogens is 1. The van der Waals surface area contributed by atoms with Crippen LogP contribution in [0.3, 0.4) is 0 Å². The van der Waals surface area contributed by atoms with E-state index in [0.29, 0.717) is 11.0 Å². The summed E-state index contributed by atoms with van der Waals surface area (Å²) in [5.74, 6) is 2.10. The number of thioether (sulfide) groups is 2. The van der Waals surface area contributed by atoms with Crippen molar-refractivity contribution in [2.75, 3.05) is 58.7 Å². The molecule has 0 rings (SSSR count). The Balaban J connectivity index is 3.53. The Labute approximate surface area is 214 Å². The highest BCUT2D eigenvalue weighted by Crippen LogP contribution is 2.43. The van der Waals surface area contributed by atoms with Gasteiger partial charge in [-0.1, -0.05) is 90.4 Å². The molecule has 0 radical (unpaired) electrons. The highest BCUT2D eigenvalue weighted by molar-refractivity contribution is 8.03. The molecule has 0 aliphatic heterocycles. The lowest BCUT2D eigenvalue weighted by Crippen LogP contribution is -2.37. The van der Waals surface area contributed by atoms with E-state index in [1.165, 1.54) is 89.9 Å². The van der Waals surface area contributed by atoms with Crippen LogP contribution in [0.15, 0.2) is 0 Å². The van der Waals surface area contributed by atoms with Gasteiger partial charge in [0.2, 0.25) is 0 Å². The van der Waals surface area contributed by atoms with Crippen molar-refractivity contribution in [1.82, 2.24) is 0 Å². The van der Waals surface area contributed by atoms with Gasteiger partial charge in [0.05, 0.1) is 27.7 Å². The molecule has 0 amide bonds. The Hall–Kier alpha value is 0.770. The molecule has 5 nitrogen and oxygen atoms in total. The second-order valence-corrected chi connectivity index (χ2v) is 13.9. The van der Waals surface area contributed by atoms with Crippen LogP contribution in [0.25, 0.3) is 0 Å². The van der Waals surface area contributed by atoms with Crippen LogP contribution >= 0.6 is 31.3 Å². The second-order valence-electron chi connectivity index (χ2n) is 10.1. The number of phosphoric acid groups is 1. The lowest BCUT2D eigenvalue weighted by molar-refractivity contribution is -0.870. The van der Waals surface area contributed by atoms with E-state index >= 15 is 0 Å². The summed E-state index contributed by atoms with van der Waals surface area (Å²) in [7, 11) is 2.10. The Morgan fingerprint density at radius 3 is 1.76 bits per heavy atom. The molecule has 0 saturated carbocycles. The van der Waals surface area contributed by atoms with Crippen molar-refractivity contribution in [1.29, 1.82) is 0 Å². The van der Waals surface area contributed by atoms with Crippen molar-refractivity contribution in [2.24, 2.45) is 0 Å². The van der Waals surface area contributed by atoms with Gasteiger partial charge < -0.3 is 9.38 Å². The fraction of sp³-hybridized carbons (Fsp3) is 1.00. The Bertz CT molecular complexity index is 478. The summed E-state index contributed by atoms with van der Waals surface area (Å²) in [5, 5.41) is 0.212. The summed E-state index contributed by atoms with van der Waals surface area (Å²) in [4.78, 5) is 9.86. The van der Waals surface area contributed by atoms with Gasteiger partial charge in [0.15, 0.2) is 0 Å². The summed E-state index contributed by atoms with van der Waals surface area (Å²) < 4.78 is 23.0. The van der Waals surface area contributed by atoms with Crippen molar-refractivity contribution < 1.29 is 23.0 Å². The highest BCUT2D eigenvalue weighted by Gasteiger charge is 2.24. The molecule has 0 aromatic rings. The van der Waals surface area contributed by atoms with Gasteiger partial charge in [-0.3, -0.25) is 9.05 Å². The summed E-state index contributed by atoms with van der Waals surface area (Å²) in [6.45, 7) is 3.41. The number of rotatable bonds is 25. The van der Waals surface area contributed by atoms with Crippen molar-refractivity contribution in [2.45, 2.75) is 102 Å². The zero-order valence-corrected chi connectivity index (χ0v) is 24.9. The minimum atomic E-state index is -3.95. The molecule has 0 saturated heterocycles. The molecule has 0 aromatic carbocycles. The molecule has 8 heteroatoms. The lowest BCUT2D eigenvalue weighted by atomic mass is 10.0. The fourth-order valence-electron chi connectivity index (χ4n) is 3.44. The Kier molecular flexibility index (Phi) is 22.5. The molecule has 33 heavy (non-hydrogen) atoms. The fourth-order valence-corrected chi connectivity index (χ4v) is 6.27. The van der Waals surface area contributed by atoms with E-state index in [2.05, 4.69) is 6.92 Å². The molecule has 0 aliphatic carbocycles. The van der Waals surface area contributed by atoms with Gasteiger partial charge in [0, 0.05) is 11.0 Å². The van der Waals surface area contributed by atoms with E-state index < -0.39 is 7.82 Å². The number of phosphoric ester groups is 1. The first-order valence-corrected chi connectivity index (χ1v) is 17.2. The summed E-state index contributed by atoms with van der Waals surface area (Å²) >= 11 is 3.62. The quantitative estimate of drug-likeness (QED) is 0.0742. The van der Waals surface area contributed by atoms with Crippen LogP contribution < -0.4 is 0 Å². The van der Waals surface area contributed by atoms with E-state index in [1.807, 2.05) is 39.2 Å². The molecule has 0 heterocycles. The van der Waals surface area contributed by atoms with Gasteiger partial charge in [-0.15, -0.1) is 0 Å². The molecule has 0 fully saturated rings. The standard InChI is InChI=1S/C25H54NO4PS2/c1-6-7-8-9-10-11-12-13-14-15-16-17-18-19-22-33-24-25(32-5)23-30-31(27,28)29-21-20-26(2,3)4/h25H,6-24H2,1-5H3/p+1. The van der Waals surface area contributed by atoms with Crippen LogP contribution in [0.5, 0.6) is 0 Å². The Morgan fingerprint density at radius 2 is 1.30 bits per heavy atom. The minimum absolute atomic E-state index is 0.212. The first kappa shape index (κ1) is 33.8. The number of unbranched alkanes of at least 4 members (excludes halogenated alkanes) is 13. The predicted molar refractivity (Wildman–Crippen MR) is 150 cm³/mol. The molecule has 0 spiro atoms. The zero-order chi connectivity index (χ0) is 24.8. The summed E-state index contributed by atoms with van der Waals surface area (Å²) in [5.41, 5.74) is 0. The maximum atomic E-state index is 12.0. The maximum absolute atomic E-state index is 12.0. The van der Waals surface area contributed by atoms with Crippen LogP contribution in [0.2, 0.25) is 0 Å². The second kappa shape index (κ2) is 22.0. The molecule has 2 atom stereocenters. The predicted octanol–water partition coefficient (Wildman–Crippen LogP) is 7.77. The van der Waals surface area contributed by atoms with Gasteiger partial charge in [0.1, 0.15) is 13.2 Å². The highest BCUT2D eigenvalue weighted by atomic mass is 32.2. The third-order valence-corrected chi connectivity index (χ3v) is 9.10. The third-order valence-electron chi connectivity index (χ3n) is 5.72. The first-order chi connectivity index (χ1) is 15.7. The van der Waals surface area contributed by atoms with Gasteiger partial charge in [0.25, 0.3) is 0 Å². The minimum Gasteiger partial charge on any atom is -0.329 e. The molecule has 0 bridgehead atoms. The van der Waals surface area contributed by atoms with Gasteiger partial charge in [-0.2, -0.15) is 23.5 Å². The van der Waals surface area contributed by atoms with E-state index in [1.54, 1.807) is 11.8 Å². The van der Waals surface area contributed by atoms with Gasteiger partial charge >= 0.3 is 7.82 Å². The van der Waals surface area contributed by atoms with Crippen molar-refractivity contribution >= 4 is 31.3 Å². The number of likely N-dealkylation sites (N-methyl/N-ethyl adjacent to an activating group) is 1. The average molecular weight is 529 g/mol. The summed E-state index contributed by atoms with van der Waals surface area (Å²) in [6.07, 6.45) is 21.5. The molecule has 1 N–H and O–H groups in total. The normalized spacial score (nSPS) is 15.0. The maximum Gasteiger partial charge on any atom is 0.472 e. The first-order valence-electron chi connectivity index (χ1n) is 13.2. The van der Waals surface area contributed by atoms with Crippen LogP contribution in [-0.4, -0.2) is 73.3 Å². The average Bonchev–Trinajstić information content (AvgIpc) is 2.74. The summed E-state index contributed by atoms with van der Waals surface area (Å²) in [6, 6.07) is 0. The van der Waals surface area contributed by atoms with E-state index in [4.69, 9.17) is 9.05 Å². The van der Waals surface area contributed by atoms with E-state index in [0.717, 1.165) is 11.5 Å². The van der Waals surface area contributed by atoms with Gasteiger partial charge in [-0.25, -0.2) is 4.57 Å². The molecular weight excluding hydrogens is 473 g/mol.